The van der Waals surface area contributed by atoms with Crippen LogP contribution >= 0.6 is 17.0 Å². The second kappa shape index (κ2) is 18.4. The van der Waals surface area contributed by atoms with Gasteiger partial charge in [0.15, 0.2) is 0 Å². The molecule has 8 aromatic carbocycles. The summed E-state index contributed by atoms with van der Waals surface area (Å²) in [6.45, 7) is 20.0. The van der Waals surface area contributed by atoms with Gasteiger partial charge in [0.05, 0.1) is 0 Å². The normalized spacial score (nSPS) is 11.1. The van der Waals surface area contributed by atoms with E-state index in [0.717, 1.165) is 9.52 Å². The van der Waals surface area contributed by atoms with Gasteiger partial charge in [-0.25, -0.2) is 0 Å². The predicted octanol–water partition coefficient (Wildman–Crippen LogP) is 16.0. The van der Waals surface area contributed by atoms with E-state index in [-0.39, 0.29) is 5.41 Å². The Morgan fingerprint density at radius 1 is 0.604 bits per heavy atom. The van der Waals surface area contributed by atoms with Crippen LogP contribution in [0.5, 0.6) is 0 Å². The third-order valence-corrected chi connectivity index (χ3v) is 9.83. The molecule has 0 fully saturated rings. The summed E-state index contributed by atoms with van der Waals surface area (Å²) in [6.07, 6.45) is 0. The second-order valence-corrected chi connectivity index (χ2v) is 19.9. The van der Waals surface area contributed by atoms with Gasteiger partial charge in [-0.1, -0.05) is 164 Å². The third-order valence-electron chi connectivity index (χ3n) is 9.83. The van der Waals surface area contributed by atoms with Crippen LogP contribution < -0.4 is 0 Å². The summed E-state index contributed by atoms with van der Waals surface area (Å²) in [5, 5.41) is 10.7. The van der Waals surface area contributed by atoms with Crippen molar-refractivity contribution >= 4 is 69.6 Å². The Hall–Kier alpha value is -3.26. The Morgan fingerprint density at radius 3 is 1.89 bits per heavy atom. The van der Waals surface area contributed by atoms with Crippen LogP contribution in [0.4, 0.5) is 0 Å². The van der Waals surface area contributed by atoms with E-state index < -0.39 is 20.8 Å². The predicted molar refractivity (Wildman–Crippen MR) is 236 cm³/mol. The van der Waals surface area contributed by atoms with Gasteiger partial charge < -0.3 is 0 Å². The van der Waals surface area contributed by atoms with Crippen LogP contribution in [-0.4, -0.2) is 9.52 Å². The van der Waals surface area contributed by atoms with Crippen molar-refractivity contribution in [3.63, 3.8) is 0 Å². The van der Waals surface area contributed by atoms with Gasteiger partial charge in [-0.3, -0.25) is 0 Å². The molecule has 0 N–H and O–H groups in total. The molecule has 0 saturated heterocycles. The number of hydrogen-bond acceptors (Lipinski definition) is 0. The molecule has 8 aromatic rings. The molecule has 53 heavy (non-hydrogen) atoms. The first kappa shape index (κ1) is 40.9. The molecule has 0 bridgehead atoms. The van der Waals surface area contributed by atoms with E-state index in [1.54, 1.807) is 0 Å². The quantitative estimate of drug-likeness (QED) is 0.0945. The molecule has 0 aliphatic carbocycles. The van der Waals surface area contributed by atoms with Crippen LogP contribution in [-0.2, 0) is 26.3 Å². The first-order chi connectivity index (χ1) is 25.4. The molecule has 0 aromatic heterocycles. The fourth-order valence-electron chi connectivity index (χ4n) is 7.09. The van der Waals surface area contributed by atoms with Gasteiger partial charge in [-0.05, 0) is 49.6 Å². The van der Waals surface area contributed by atoms with E-state index in [4.69, 9.17) is 17.0 Å². The van der Waals surface area contributed by atoms with E-state index in [1.807, 2.05) is 0 Å². The van der Waals surface area contributed by atoms with E-state index in [9.17, 15) is 0 Å². The Labute approximate surface area is 338 Å². The number of hydrogen-bond donors (Lipinski definition) is 0. The molecule has 268 valence electrons. The second-order valence-electron chi connectivity index (χ2n) is 15.1. The Kier molecular flexibility index (Phi) is 14.2. The van der Waals surface area contributed by atoms with Crippen molar-refractivity contribution in [2.24, 2.45) is 0 Å². The number of halogens is 2. The van der Waals surface area contributed by atoms with Gasteiger partial charge in [0.1, 0.15) is 0 Å². The zero-order valence-electron chi connectivity index (χ0n) is 32.5. The van der Waals surface area contributed by atoms with Gasteiger partial charge in [0.25, 0.3) is 0 Å². The number of fused-ring (bicyclic) bond motifs is 5. The third kappa shape index (κ3) is 9.52. The molecule has 0 spiro atoms. The standard InChI is InChI=1S/C26H21.C21H23.C2H6Si.2ClH.Zr/c1-17(2)20-15-19-8-5-10-24(26(19)16-20)23-12-6-11-22-21-9-4-3-7-18(21)13-14-25(22)23;1-14-12-19-15(2)6-11-18(20(19)13-14)16-7-9-17(10-8-16)21(3,4)5;1-3-2;;;/h3-17H,1-2H3;6-13H,1-5H3;1-2H3;2*1H;/q2*-1;;;;+4/p-2. The van der Waals surface area contributed by atoms with E-state index in [2.05, 4.69) is 195 Å². The molecule has 0 aliphatic heterocycles. The van der Waals surface area contributed by atoms with Crippen LogP contribution in [0.1, 0.15) is 62.8 Å². The Balaban J connectivity index is 0.000000181. The minimum atomic E-state index is -0.826. The summed E-state index contributed by atoms with van der Waals surface area (Å²) in [5.41, 5.74) is 11.0. The van der Waals surface area contributed by atoms with Crippen molar-refractivity contribution in [2.45, 2.75) is 72.9 Å². The molecule has 0 amide bonds. The van der Waals surface area contributed by atoms with Crippen LogP contribution in [0.15, 0.2) is 133 Å². The summed E-state index contributed by atoms with van der Waals surface area (Å²) >= 11 is -0.826. The summed E-state index contributed by atoms with van der Waals surface area (Å²) in [6, 6.07) is 49.3. The van der Waals surface area contributed by atoms with E-state index in [1.165, 1.54) is 87.6 Å². The van der Waals surface area contributed by atoms with Crippen molar-refractivity contribution in [1.82, 2.24) is 0 Å². The number of rotatable bonds is 3. The van der Waals surface area contributed by atoms with Crippen LogP contribution in [0, 0.1) is 13.8 Å². The Bertz CT molecular complexity index is 2420. The van der Waals surface area contributed by atoms with Crippen LogP contribution in [0.2, 0.25) is 13.1 Å². The van der Waals surface area contributed by atoms with Crippen LogP contribution in [0.25, 0.3) is 65.3 Å². The molecule has 0 saturated carbocycles. The summed E-state index contributed by atoms with van der Waals surface area (Å²) < 4.78 is 0. The first-order valence-corrected chi connectivity index (χ1v) is 26.7. The van der Waals surface area contributed by atoms with Gasteiger partial charge in [-0.15, -0.1) is 68.6 Å². The van der Waals surface area contributed by atoms with Crippen LogP contribution in [0.3, 0.4) is 0 Å². The summed E-state index contributed by atoms with van der Waals surface area (Å²) in [7, 11) is 11.0. The molecule has 0 aliphatic rings. The zero-order valence-corrected chi connectivity index (χ0v) is 37.5. The van der Waals surface area contributed by atoms with E-state index in [0.29, 0.717) is 5.92 Å². The topological polar surface area (TPSA) is 0 Å². The minimum absolute atomic E-state index is 0.206. The summed E-state index contributed by atoms with van der Waals surface area (Å²) in [4.78, 5) is 0. The fourth-order valence-corrected chi connectivity index (χ4v) is 7.09. The molecule has 0 atom stereocenters. The first-order valence-electron chi connectivity index (χ1n) is 18.3. The average Bonchev–Trinajstić information content (AvgIpc) is 3.77. The van der Waals surface area contributed by atoms with Crippen molar-refractivity contribution < 1.29 is 20.8 Å². The van der Waals surface area contributed by atoms with Gasteiger partial charge in [0, 0.05) is 9.52 Å². The van der Waals surface area contributed by atoms with Crippen molar-refractivity contribution in [2.75, 3.05) is 0 Å². The Morgan fingerprint density at radius 2 is 1.23 bits per heavy atom. The molecular formula is C49H50Cl2SiZr. The molecule has 0 unspecified atom stereocenters. The molecule has 2 radical (unpaired) electrons. The van der Waals surface area contributed by atoms with Crippen molar-refractivity contribution in [3.05, 3.63) is 156 Å². The van der Waals surface area contributed by atoms with Gasteiger partial charge >= 0.3 is 37.9 Å². The average molecular weight is 829 g/mol. The number of benzene rings is 6. The number of aryl methyl sites for hydroxylation is 2. The molecular weight excluding hydrogens is 779 g/mol. The molecule has 0 heterocycles. The van der Waals surface area contributed by atoms with Crippen molar-refractivity contribution in [3.8, 4) is 22.3 Å². The monoisotopic (exact) mass is 826 g/mol. The summed E-state index contributed by atoms with van der Waals surface area (Å²) in [5.74, 6) is 0.548. The zero-order chi connectivity index (χ0) is 38.3. The molecule has 0 nitrogen and oxygen atoms in total. The molecule has 4 heteroatoms. The fraction of sp³-hybridized carbons (Fsp3) is 0.224. The van der Waals surface area contributed by atoms with Crippen molar-refractivity contribution in [1.29, 1.82) is 0 Å². The van der Waals surface area contributed by atoms with Gasteiger partial charge in [-0.2, -0.15) is 12.1 Å². The molecule has 8 rings (SSSR count). The SMILES string of the molecule is CC(C)c1cc2c(-c3cccc4c3ccc3ccccc34)cccc2[cH-]1.C[Si]C.Cc1cc2c(-c3ccc(C(C)(C)C)cc3)ccc(C)c2[cH-]1.[Cl][Zr+2][Cl]. The maximum absolute atomic E-state index is 4.93. The van der Waals surface area contributed by atoms with Gasteiger partial charge in [0.2, 0.25) is 0 Å². The van der Waals surface area contributed by atoms with E-state index >= 15 is 0 Å². The maximum atomic E-state index is 4.93.